The lowest BCUT2D eigenvalue weighted by Gasteiger charge is -2.19. The maximum Gasteiger partial charge on any atom is 0.338 e. The van der Waals surface area contributed by atoms with Crippen LogP contribution in [0, 0.1) is 0 Å². The Hall–Kier alpha value is -2.10. The number of rotatable bonds is 3. The predicted molar refractivity (Wildman–Crippen MR) is 74.8 cm³/mol. The smallest absolute Gasteiger partial charge is 0.338 e. The van der Waals surface area contributed by atoms with E-state index in [1.807, 2.05) is 20.8 Å². The molecule has 0 radical (unpaired) electrons. The monoisotopic (exact) mass is 274 g/mol. The number of allylic oxidation sites excluding steroid dienone is 4. The molecule has 0 heterocycles. The minimum atomic E-state index is -0.539. The molecule has 0 aliphatic heterocycles. The van der Waals surface area contributed by atoms with Crippen LogP contribution < -0.4 is 0 Å². The third-order valence-electron chi connectivity index (χ3n) is 2.77. The molecular formula is C16H18O4. The van der Waals surface area contributed by atoms with Crippen LogP contribution in [0.4, 0.5) is 0 Å². The molecule has 0 N–H and O–H groups in total. The van der Waals surface area contributed by atoms with E-state index in [1.54, 1.807) is 31.2 Å². The van der Waals surface area contributed by atoms with Crippen molar-refractivity contribution in [3.05, 3.63) is 46.6 Å². The molecule has 4 nitrogen and oxygen atoms in total. The molecular weight excluding hydrogens is 256 g/mol. The Morgan fingerprint density at radius 1 is 1.10 bits per heavy atom. The summed E-state index contributed by atoms with van der Waals surface area (Å²) in [5.74, 6) is -0.757. The van der Waals surface area contributed by atoms with Gasteiger partial charge in [-0.3, -0.25) is 0 Å². The summed E-state index contributed by atoms with van der Waals surface area (Å²) in [5, 5.41) is 0. The van der Waals surface area contributed by atoms with Gasteiger partial charge in [-0.15, -0.1) is 0 Å². The first-order valence-corrected chi connectivity index (χ1v) is 6.58. The average molecular weight is 274 g/mol. The highest BCUT2D eigenvalue weighted by Crippen LogP contribution is 2.35. The lowest BCUT2D eigenvalue weighted by atomic mass is 10.1. The van der Waals surface area contributed by atoms with Gasteiger partial charge in [0.05, 0.1) is 17.8 Å². The zero-order valence-corrected chi connectivity index (χ0v) is 12.1. The lowest BCUT2D eigenvalue weighted by molar-refractivity contribution is -0.149. The van der Waals surface area contributed by atoms with E-state index >= 15 is 0 Å². The minimum Gasteiger partial charge on any atom is -0.462 e. The first-order chi connectivity index (χ1) is 9.31. The average Bonchev–Trinajstić information content (AvgIpc) is 2.85. The lowest BCUT2D eigenvalue weighted by Crippen LogP contribution is -2.24. The Kier molecular flexibility index (Phi) is 3.66. The number of carbonyl (C=O) groups is 2. The molecule has 0 bridgehead atoms. The molecule has 106 valence electrons. The second kappa shape index (κ2) is 5.12. The molecule has 0 aromatic heterocycles. The Morgan fingerprint density at radius 3 is 2.40 bits per heavy atom. The molecule has 0 aromatic carbocycles. The van der Waals surface area contributed by atoms with Gasteiger partial charge in [0.2, 0.25) is 0 Å². The van der Waals surface area contributed by atoms with Gasteiger partial charge >= 0.3 is 11.9 Å². The zero-order valence-electron chi connectivity index (χ0n) is 12.1. The van der Waals surface area contributed by atoms with E-state index in [1.165, 1.54) is 0 Å². The molecule has 0 aromatic rings. The number of carbonyl (C=O) groups excluding carboxylic acids is 2. The van der Waals surface area contributed by atoms with Crippen molar-refractivity contribution in [1.82, 2.24) is 0 Å². The standard InChI is InChI=1S/C16H18O4/c1-5-19-15(18)12-7-6-10-8-11(9-13(10)12)14(17)20-16(2,3)4/h6-9H,5H2,1-4H3. The molecule has 0 saturated carbocycles. The van der Waals surface area contributed by atoms with Crippen molar-refractivity contribution < 1.29 is 19.1 Å². The molecule has 20 heavy (non-hydrogen) atoms. The van der Waals surface area contributed by atoms with E-state index < -0.39 is 5.60 Å². The predicted octanol–water partition coefficient (Wildman–Crippen LogP) is 2.62. The van der Waals surface area contributed by atoms with Crippen LogP contribution in [0.15, 0.2) is 46.6 Å². The van der Waals surface area contributed by atoms with Gasteiger partial charge in [0.25, 0.3) is 0 Å². The topological polar surface area (TPSA) is 52.6 Å². The fraction of sp³-hybridized carbons (Fsp3) is 0.375. The fourth-order valence-electron chi connectivity index (χ4n) is 2.00. The van der Waals surface area contributed by atoms with Crippen molar-refractivity contribution in [2.45, 2.75) is 33.3 Å². The number of esters is 2. The van der Waals surface area contributed by atoms with E-state index in [4.69, 9.17) is 9.47 Å². The maximum atomic E-state index is 12.0. The largest absolute Gasteiger partial charge is 0.462 e. The van der Waals surface area contributed by atoms with Gasteiger partial charge in [0.1, 0.15) is 5.60 Å². The quantitative estimate of drug-likeness (QED) is 0.742. The minimum absolute atomic E-state index is 0.325. The van der Waals surface area contributed by atoms with Crippen LogP contribution in [0.5, 0.6) is 0 Å². The fourth-order valence-corrected chi connectivity index (χ4v) is 2.00. The summed E-state index contributed by atoms with van der Waals surface area (Å²) in [6, 6.07) is 0. The third-order valence-corrected chi connectivity index (χ3v) is 2.77. The van der Waals surface area contributed by atoms with Gasteiger partial charge in [-0.25, -0.2) is 9.59 Å². The SMILES string of the molecule is CCOC(=O)C1=CC=C2C=C(C(=O)OC(C)(C)C)C=C21. The van der Waals surface area contributed by atoms with Crippen molar-refractivity contribution >= 4 is 11.9 Å². The Labute approximate surface area is 118 Å². The summed E-state index contributed by atoms with van der Waals surface area (Å²) < 4.78 is 10.3. The van der Waals surface area contributed by atoms with E-state index in [2.05, 4.69) is 0 Å². The Bertz CT molecular complexity index is 580. The van der Waals surface area contributed by atoms with Crippen LogP contribution in [0.3, 0.4) is 0 Å². The van der Waals surface area contributed by atoms with Gasteiger partial charge in [-0.2, -0.15) is 0 Å². The molecule has 0 amide bonds. The summed E-state index contributed by atoms with van der Waals surface area (Å²) in [4.78, 5) is 23.8. The maximum absolute atomic E-state index is 12.0. The van der Waals surface area contributed by atoms with E-state index in [0.717, 1.165) is 11.1 Å². The van der Waals surface area contributed by atoms with Crippen LogP contribution in [-0.2, 0) is 19.1 Å². The van der Waals surface area contributed by atoms with Crippen LogP contribution >= 0.6 is 0 Å². The molecule has 0 atom stereocenters. The van der Waals surface area contributed by atoms with Gasteiger partial charge in [0.15, 0.2) is 0 Å². The van der Waals surface area contributed by atoms with Crippen molar-refractivity contribution in [3.63, 3.8) is 0 Å². The van der Waals surface area contributed by atoms with Crippen molar-refractivity contribution in [2.24, 2.45) is 0 Å². The van der Waals surface area contributed by atoms with Crippen molar-refractivity contribution in [1.29, 1.82) is 0 Å². The van der Waals surface area contributed by atoms with Gasteiger partial charge in [-0.1, -0.05) is 6.08 Å². The summed E-state index contributed by atoms with van der Waals surface area (Å²) in [6.45, 7) is 7.53. The van der Waals surface area contributed by atoms with Crippen molar-refractivity contribution in [2.75, 3.05) is 6.61 Å². The molecule has 2 rings (SSSR count). The highest BCUT2D eigenvalue weighted by molar-refractivity contribution is 6.02. The molecule has 0 saturated heterocycles. The molecule has 0 spiro atoms. The van der Waals surface area contributed by atoms with E-state index in [9.17, 15) is 9.59 Å². The molecule has 2 aliphatic carbocycles. The van der Waals surface area contributed by atoms with Crippen LogP contribution in [0.2, 0.25) is 0 Å². The van der Waals surface area contributed by atoms with E-state index in [0.29, 0.717) is 17.8 Å². The van der Waals surface area contributed by atoms with Gasteiger partial charge in [0, 0.05) is 0 Å². The highest BCUT2D eigenvalue weighted by atomic mass is 16.6. The summed E-state index contributed by atoms with van der Waals surface area (Å²) in [6.07, 6.45) is 6.92. The number of hydrogen-bond acceptors (Lipinski definition) is 4. The first-order valence-electron chi connectivity index (χ1n) is 6.58. The van der Waals surface area contributed by atoms with Crippen molar-refractivity contribution in [3.8, 4) is 0 Å². The summed E-state index contributed by atoms with van der Waals surface area (Å²) >= 11 is 0. The second-order valence-electron chi connectivity index (χ2n) is 5.58. The molecule has 4 heteroatoms. The van der Waals surface area contributed by atoms with Gasteiger partial charge < -0.3 is 9.47 Å². The highest BCUT2D eigenvalue weighted by Gasteiger charge is 2.29. The summed E-state index contributed by atoms with van der Waals surface area (Å²) in [5.41, 5.74) is 1.97. The number of fused-ring (bicyclic) bond motifs is 1. The van der Waals surface area contributed by atoms with Crippen LogP contribution in [0.1, 0.15) is 27.7 Å². The second-order valence-corrected chi connectivity index (χ2v) is 5.58. The Morgan fingerprint density at radius 2 is 1.80 bits per heavy atom. The third kappa shape index (κ3) is 2.90. The first kappa shape index (κ1) is 14.3. The van der Waals surface area contributed by atoms with Crippen LogP contribution in [0.25, 0.3) is 0 Å². The Balaban J connectivity index is 2.14. The molecule has 0 unspecified atom stereocenters. The summed E-state index contributed by atoms with van der Waals surface area (Å²) in [7, 11) is 0. The van der Waals surface area contributed by atoms with Crippen LogP contribution in [-0.4, -0.2) is 24.1 Å². The molecule has 2 aliphatic rings. The number of hydrogen-bond donors (Lipinski definition) is 0. The molecule has 0 fully saturated rings. The van der Waals surface area contributed by atoms with E-state index in [-0.39, 0.29) is 11.9 Å². The number of ether oxygens (including phenoxy) is 2. The normalized spacial score (nSPS) is 16.8. The zero-order chi connectivity index (χ0) is 14.9. The van der Waals surface area contributed by atoms with Gasteiger partial charge in [-0.05, 0) is 57.1 Å².